The molecule has 1 saturated carbocycles. The van der Waals surface area contributed by atoms with Crippen molar-refractivity contribution in [2.45, 2.75) is 58.0 Å². The van der Waals surface area contributed by atoms with Crippen molar-refractivity contribution in [3.63, 3.8) is 0 Å². The maximum atomic E-state index is 10.9. The summed E-state index contributed by atoms with van der Waals surface area (Å²) in [6.45, 7) is 2.31. The number of hydrogen-bond donors (Lipinski definition) is 2. The zero-order valence-corrected chi connectivity index (χ0v) is 10.8. The molecule has 4 unspecified atom stereocenters. The predicted molar refractivity (Wildman–Crippen MR) is 67.6 cm³/mol. The van der Waals surface area contributed by atoms with Crippen LogP contribution in [-0.4, -0.2) is 29.2 Å². The molecule has 0 spiro atoms. The van der Waals surface area contributed by atoms with Gasteiger partial charge in [0, 0.05) is 12.5 Å². The summed E-state index contributed by atoms with van der Waals surface area (Å²) in [5.74, 6) is 0.516. The second kappa shape index (κ2) is 7.83. The van der Waals surface area contributed by atoms with E-state index in [9.17, 15) is 9.90 Å². The van der Waals surface area contributed by atoms with Crippen molar-refractivity contribution in [1.29, 1.82) is 0 Å². The Morgan fingerprint density at radius 3 is 2.47 bits per heavy atom. The number of unbranched alkanes of at least 4 members (excludes halogenated alkanes) is 4. The summed E-state index contributed by atoms with van der Waals surface area (Å²) in [5, 5.41) is 18.7. The first-order chi connectivity index (χ1) is 8.20. The van der Waals surface area contributed by atoms with Crippen LogP contribution in [0.3, 0.4) is 0 Å². The van der Waals surface area contributed by atoms with E-state index in [0.29, 0.717) is 0 Å². The molecular formula is C14H26O3. The Morgan fingerprint density at radius 2 is 1.82 bits per heavy atom. The van der Waals surface area contributed by atoms with E-state index < -0.39 is 0 Å². The second-order valence-corrected chi connectivity index (χ2v) is 5.45. The monoisotopic (exact) mass is 242 g/mol. The van der Waals surface area contributed by atoms with Crippen LogP contribution in [0.15, 0.2) is 0 Å². The summed E-state index contributed by atoms with van der Waals surface area (Å²) in [4.78, 5) is 10.9. The molecule has 0 bridgehead atoms. The van der Waals surface area contributed by atoms with Crippen molar-refractivity contribution < 1.29 is 15.0 Å². The fourth-order valence-corrected chi connectivity index (χ4v) is 2.98. The van der Waals surface area contributed by atoms with Gasteiger partial charge < -0.3 is 15.0 Å². The summed E-state index contributed by atoms with van der Waals surface area (Å²) in [5.41, 5.74) is 0. The fraction of sp³-hybridized carbons (Fsp3) is 0.929. The van der Waals surface area contributed by atoms with E-state index >= 15 is 0 Å². The smallest absolute Gasteiger partial charge is 0.123 e. The molecule has 17 heavy (non-hydrogen) atoms. The summed E-state index contributed by atoms with van der Waals surface area (Å²) in [6, 6.07) is 0. The van der Waals surface area contributed by atoms with Crippen molar-refractivity contribution in [1.82, 2.24) is 0 Å². The van der Waals surface area contributed by atoms with Crippen molar-refractivity contribution in [3.8, 4) is 0 Å². The Labute approximate surface area is 104 Å². The summed E-state index contributed by atoms with van der Waals surface area (Å²) >= 11 is 0. The van der Waals surface area contributed by atoms with Gasteiger partial charge in [-0.2, -0.15) is 0 Å². The molecule has 0 aromatic carbocycles. The maximum Gasteiger partial charge on any atom is 0.123 e. The Hall–Kier alpha value is -0.410. The van der Waals surface area contributed by atoms with Crippen LogP contribution in [-0.2, 0) is 4.79 Å². The highest BCUT2D eigenvalue weighted by molar-refractivity contribution is 5.55. The van der Waals surface area contributed by atoms with E-state index in [1.807, 2.05) is 6.92 Å². The van der Waals surface area contributed by atoms with E-state index in [1.165, 1.54) is 0 Å². The van der Waals surface area contributed by atoms with Crippen LogP contribution >= 0.6 is 0 Å². The Balaban J connectivity index is 2.18. The van der Waals surface area contributed by atoms with Gasteiger partial charge in [-0.25, -0.2) is 0 Å². The van der Waals surface area contributed by atoms with Gasteiger partial charge in [-0.1, -0.05) is 32.6 Å². The van der Waals surface area contributed by atoms with E-state index in [1.54, 1.807) is 0 Å². The van der Waals surface area contributed by atoms with Gasteiger partial charge >= 0.3 is 0 Å². The third-order valence-corrected chi connectivity index (χ3v) is 4.09. The number of aldehydes is 1. The number of hydrogen-bond acceptors (Lipinski definition) is 3. The van der Waals surface area contributed by atoms with Gasteiger partial charge in [-0.15, -0.1) is 0 Å². The van der Waals surface area contributed by atoms with Gasteiger partial charge in [0.25, 0.3) is 0 Å². The number of aliphatic hydroxyl groups is 2. The topological polar surface area (TPSA) is 57.5 Å². The molecule has 0 saturated heterocycles. The zero-order chi connectivity index (χ0) is 12.7. The van der Waals surface area contributed by atoms with Gasteiger partial charge in [0.05, 0.1) is 6.10 Å². The zero-order valence-electron chi connectivity index (χ0n) is 10.8. The molecule has 3 nitrogen and oxygen atoms in total. The van der Waals surface area contributed by atoms with Crippen molar-refractivity contribution in [2.24, 2.45) is 17.8 Å². The van der Waals surface area contributed by atoms with Crippen LogP contribution in [0.1, 0.15) is 51.9 Å². The van der Waals surface area contributed by atoms with Crippen molar-refractivity contribution in [2.75, 3.05) is 6.61 Å². The van der Waals surface area contributed by atoms with Crippen LogP contribution in [0.5, 0.6) is 0 Å². The molecule has 3 heteroatoms. The normalized spacial score (nSPS) is 32.9. The molecular weight excluding hydrogens is 216 g/mol. The van der Waals surface area contributed by atoms with Gasteiger partial charge in [0.15, 0.2) is 0 Å². The first kappa shape index (κ1) is 14.7. The summed E-state index contributed by atoms with van der Waals surface area (Å²) in [7, 11) is 0. The number of rotatable bonds is 8. The highest BCUT2D eigenvalue weighted by atomic mass is 16.3. The lowest BCUT2D eigenvalue weighted by molar-refractivity contribution is -0.112. The van der Waals surface area contributed by atoms with Crippen molar-refractivity contribution >= 4 is 6.29 Å². The molecule has 1 aliphatic carbocycles. The first-order valence-corrected chi connectivity index (χ1v) is 6.95. The minimum absolute atomic E-state index is 0.0671. The molecule has 0 amide bonds. The highest BCUT2D eigenvalue weighted by Crippen LogP contribution is 2.38. The average Bonchev–Trinajstić information content (AvgIpc) is 2.60. The van der Waals surface area contributed by atoms with Gasteiger partial charge in [-0.3, -0.25) is 0 Å². The van der Waals surface area contributed by atoms with Crippen LogP contribution in [0.2, 0.25) is 0 Å². The van der Waals surface area contributed by atoms with Gasteiger partial charge in [0.1, 0.15) is 6.29 Å². The average molecular weight is 242 g/mol. The molecule has 4 atom stereocenters. The third kappa shape index (κ3) is 4.40. The van der Waals surface area contributed by atoms with Crippen LogP contribution in [0, 0.1) is 17.8 Å². The largest absolute Gasteiger partial charge is 0.396 e. The number of carbonyl (C=O) groups excluding carboxylic acids is 1. The molecule has 0 aliphatic heterocycles. The van der Waals surface area contributed by atoms with E-state index in [0.717, 1.165) is 51.2 Å². The van der Waals surface area contributed by atoms with Crippen LogP contribution in [0.25, 0.3) is 0 Å². The molecule has 0 radical (unpaired) electrons. The SMILES string of the molecule is CC1CC(C=O)C(CCCCCCCO)C1O. The molecule has 1 aliphatic rings. The number of carbonyl (C=O) groups is 1. The quantitative estimate of drug-likeness (QED) is 0.506. The van der Waals surface area contributed by atoms with Crippen LogP contribution < -0.4 is 0 Å². The fourth-order valence-electron chi connectivity index (χ4n) is 2.98. The molecule has 2 N–H and O–H groups in total. The third-order valence-electron chi connectivity index (χ3n) is 4.09. The molecule has 1 fully saturated rings. The molecule has 0 aromatic heterocycles. The maximum absolute atomic E-state index is 10.9. The molecule has 0 aromatic rings. The van der Waals surface area contributed by atoms with Gasteiger partial charge in [0.2, 0.25) is 0 Å². The second-order valence-electron chi connectivity index (χ2n) is 5.45. The Kier molecular flexibility index (Phi) is 6.75. The first-order valence-electron chi connectivity index (χ1n) is 6.95. The summed E-state index contributed by atoms with van der Waals surface area (Å²) in [6.07, 6.45) is 7.90. The highest BCUT2D eigenvalue weighted by Gasteiger charge is 2.39. The number of aliphatic hydroxyl groups excluding tert-OH is 2. The lowest BCUT2D eigenvalue weighted by atomic mass is 9.90. The van der Waals surface area contributed by atoms with Gasteiger partial charge in [-0.05, 0) is 31.1 Å². The lowest BCUT2D eigenvalue weighted by Gasteiger charge is -2.19. The van der Waals surface area contributed by atoms with Crippen molar-refractivity contribution in [3.05, 3.63) is 0 Å². The molecule has 0 heterocycles. The Morgan fingerprint density at radius 1 is 1.18 bits per heavy atom. The van der Waals surface area contributed by atoms with Crippen LogP contribution in [0.4, 0.5) is 0 Å². The van der Waals surface area contributed by atoms with E-state index in [4.69, 9.17) is 5.11 Å². The minimum Gasteiger partial charge on any atom is -0.396 e. The standard InChI is InChI=1S/C14H26O3/c1-11-9-12(10-16)13(14(11)17)7-5-3-2-4-6-8-15/h10-15,17H,2-9H2,1H3. The van der Waals surface area contributed by atoms with E-state index in [2.05, 4.69) is 0 Å². The summed E-state index contributed by atoms with van der Waals surface area (Å²) < 4.78 is 0. The van der Waals surface area contributed by atoms with E-state index in [-0.39, 0.29) is 30.5 Å². The minimum atomic E-state index is -0.289. The predicted octanol–water partition coefficient (Wildman–Crippen LogP) is 2.15. The molecule has 1 rings (SSSR count). The lowest BCUT2D eigenvalue weighted by Crippen LogP contribution is -2.22. The Bertz CT molecular complexity index is 218. The molecule has 100 valence electrons.